The Kier molecular flexibility index (Phi) is 5.61. The van der Waals surface area contributed by atoms with E-state index in [1.54, 1.807) is 0 Å². The van der Waals surface area contributed by atoms with Gasteiger partial charge < -0.3 is 5.32 Å². The molecule has 4 nitrogen and oxygen atoms in total. The van der Waals surface area contributed by atoms with E-state index in [1.807, 2.05) is 13.1 Å². The fourth-order valence-electron chi connectivity index (χ4n) is 2.13. The number of pyridine rings is 1. The normalized spacial score (nSPS) is 12.6. The molecule has 2 aromatic rings. The average Bonchev–Trinajstić information content (AvgIpc) is 2.90. The number of nitrogens with zero attached hydrogens (tertiary/aromatic N) is 3. The molecule has 1 atom stereocenters. The Balaban J connectivity index is 2.12. The van der Waals surface area contributed by atoms with Gasteiger partial charge in [0, 0.05) is 18.3 Å². The molecule has 1 unspecified atom stereocenters. The maximum Gasteiger partial charge on any atom is 0.0772 e. The van der Waals surface area contributed by atoms with Crippen molar-refractivity contribution in [2.24, 2.45) is 0 Å². The monoisotopic (exact) mass is 290 g/mol. The van der Waals surface area contributed by atoms with Crippen LogP contribution in [0.25, 0.3) is 0 Å². The molecule has 20 heavy (non-hydrogen) atoms. The van der Waals surface area contributed by atoms with Crippen LogP contribution < -0.4 is 5.32 Å². The minimum atomic E-state index is 0.259. The van der Waals surface area contributed by atoms with Gasteiger partial charge in [-0.05, 0) is 49.5 Å². The summed E-state index contributed by atoms with van der Waals surface area (Å²) in [6.07, 6.45) is 5.01. The first kappa shape index (κ1) is 15.1. The van der Waals surface area contributed by atoms with Crippen molar-refractivity contribution in [2.75, 3.05) is 6.54 Å². The molecule has 0 bridgehead atoms. The molecular weight excluding hydrogens is 268 g/mol. The van der Waals surface area contributed by atoms with Crippen LogP contribution in [0.2, 0.25) is 0 Å². The van der Waals surface area contributed by atoms with Crippen LogP contribution in [-0.4, -0.2) is 21.1 Å². The van der Waals surface area contributed by atoms with Gasteiger partial charge in [0.1, 0.15) is 0 Å². The highest BCUT2D eigenvalue weighted by molar-refractivity contribution is 7.05. The molecule has 0 spiro atoms. The summed E-state index contributed by atoms with van der Waals surface area (Å²) in [7, 11) is 0. The summed E-state index contributed by atoms with van der Waals surface area (Å²) in [6.45, 7) is 7.34. The van der Waals surface area contributed by atoms with Crippen molar-refractivity contribution in [1.29, 1.82) is 0 Å². The predicted molar refractivity (Wildman–Crippen MR) is 83.0 cm³/mol. The summed E-state index contributed by atoms with van der Waals surface area (Å²) < 4.78 is 4.05. The second-order valence-electron chi connectivity index (χ2n) is 4.94. The van der Waals surface area contributed by atoms with E-state index in [4.69, 9.17) is 0 Å². The minimum Gasteiger partial charge on any atom is -0.309 e. The number of aromatic nitrogens is 3. The van der Waals surface area contributed by atoms with Crippen molar-refractivity contribution in [3.63, 3.8) is 0 Å². The van der Waals surface area contributed by atoms with Crippen molar-refractivity contribution in [1.82, 2.24) is 19.9 Å². The van der Waals surface area contributed by atoms with E-state index in [-0.39, 0.29) is 6.04 Å². The van der Waals surface area contributed by atoms with Gasteiger partial charge in [0.2, 0.25) is 0 Å². The molecule has 2 heterocycles. The summed E-state index contributed by atoms with van der Waals surface area (Å²) in [6, 6.07) is 4.55. The van der Waals surface area contributed by atoms with E-state index < -0.39 is 0 Å². The Hall–Kier alpha value is -1.33. The van der Waals surface area contributed by atoms with Crippen LogP contribution in [0.3, 0.4) is 0 Å². The van der Waals surface area contributed by atoms with E-state index in [9.17, 15) is 0 Å². The third-order valence-electron chi connectivity index (χ3n) is 3.35. The SMILES string of the molecule is CCCNC(Cc1ccc(CC)cn1)c1snnc1C. The van der Waals surface area contributed by atoms with Crippen molar-refractivity contribution < 1.29 is 0 Å². The number of nitrogens with one attached hydrogen (secondary N) is 1. The smallest absolute Gasteiger partial charge is 0.0772 e. The van der Waals surface area contributed by atoms with E-state index in [2.05, 4.69) is 45.9 Å². The molecule has 5 heteroatoms. The van der Waals surface area contributed by atoms with Crippen molar-refractivity contribution in [2.45, 2.75) is 46.1 Å². The third kappa shape index (κ3) is 3.84. The molecule has 2 aromatic heterocycles. The summed E-state index contributed by atoms with van der Waals surface area (Å²) in [4.78, 5) is 5.78. The second-order valence-corrected chi connectivity index (χ2v) is 5.73. The van der Waals surface area contributed by atoms with Gasteiger partial charge in [-0.1, -0.05) is 24.4 Å². The van der Waals surface area contributed by atoms with Crippen molar-refractivity contribution in [3.05, 3.63) is 40.2 Å². The minimum absolute atomic E-state index is 0.259. The first-order valence-corrected chi connectivity index (χ1v) is 7.98. The highest BCUT2D eigenvalue weighted by Gasteiger charge is 2.17. The zero-order chi connectivity index (χ0) is 14.4. The molecule has 2 rings (SSSR count). The van der Waals surface area contributed by atoms with Gasteiger partial charge in [-0.15, -0.1) is 5.10 Å². The zero-order valence-corrected chi connectivity index (χ0v) is 13.2. The van der Waals surface area contributed by atoms with Gasteiger partial charge in [-0.25, -0.2) is 0 Å². The van der Waals surface area contributed by atoms with Gasteiger partial charge in [-0.2, -0.15) is 0 Å². The van der Waals surface area contributed by atoms with Gasteiger partial charge >= 0.3 is 0 Å². The van der Waals surface area contributed by atoms with Gasteiger partial charge in [0.25, 0.3) is 0 Å². The molecule has 0 saturated heterocycles. The van der Waals surface area contributed by atoms with Crippen LogP contribution in [0.5, 0.6) is 0 Å². The molecule has 0 aliphatic carbocycles. The molecule has 108 valence electrons. The Labute approximate surface area is 124 Å². The average molecular weight is 290 g/mol. The Bertz CT molecular complexity index is 521. The maximum atomic E-state index is 4.56. The number of rotatable bonds is 7. The molecule has 0 aromatic carbocycles. The molecule has 0 radical (unpaired) electrons. The highest BCUT2D eigenvalue weighted by Crippen LogP contribution is 2.23. The maximum absolute atomic E-state index is 4.56. The Morgan fingerprint density at radius 2 is 2.15 bits per heavy atom. The highest BCUT2D eigenvalue weighted by atomic mass is 32.1. The lowest BCUT2D eigenvalue weighted by Crippen LogP contribution is -2.24. The summed E-state index contributed by atoms with van der Waals surface area (Å²) in [5, 5.41) is 7.70. The van der Waals surface area contributed by atoms with Crippen LogP contribution >= 0.6 is 11.5 Å². The summed E-state index contributed by atoms with van der Waals surface area (Å²) in [5.41, 5.74) is 3.42. The molecule has 0 aliphatic heterocycles. The van der Waals surface area contributed by atoms with Crippen LogP contribution in [0.4, 0.5) is 0 Å². The van der Waals surface area contributed by atoms with E-state index in [0.29, 0.717) is 0 Å². The fraction of sp³-hybridized carbons (Fsp3) is 0.533. The lowest BCUT2D eigenvalue weighted by Gasteiger charge is -2.17. The number of hydrogen-bond donors (Lipinski definition) is 1. The lowest BCUT2D eigenvalue weighted by molar-refractivity contribution is 0.528. The summed E-state index contributed by atoms with van der Waals surface area (Å²) >= 11 is 1.48. The summed E-state index contributed by atoms with van der Waals surface area (Å²) in [5.74, 6) is 0. The van der Waals surface area contributed by atoms with E-state index in [1.165, 1.54) is 22.0 Å². The Morgan fingerprint density at radius 1 is 1.30 bits per heavy atom. The number of hydrogen-bond acceptors (Lipinski definition) is 5. The molecule has 1 N–H and O–H groups in total. The van der Waals surface area contributed by atoms with Crippen LogP contribution in [0, 0.1) is 6.92 Å². The van der Waals surface area contributed by atoms with Crippen LogP contribution in [0.15, 0.2) is 18.3 Å². The molecule has 0 saturated carbocycles. The largest absolute Gasteiger partial charge is 0.309 e. The predicted octanol–water partition coefficient (Wildman–Crippen LogP) is 3.09. The van der Waals surface area contributed by atoms with Gasteiger partial charge in [0.05, 0.1) is 16.6 Å². The fourth-order valence-corrected chi connectivity index (χ4v) is 2.85. The quantitative estimate of drug-likeness (QED) is 0.851. The topological polar surface area (TPSA) is 50.7 Å². The standard InChI is InChI=1S/C15H22N4S/c1-4-8-16-14(15-11(3)18-19-20-15)9-13-7-6-12(5-2)10-17-13/h6-7,10,14,16H,4-5,8-9H2,1-3H3. The molecule has 0 fully saturated rings. The first-order chi connectivity index (χ1) is 9.74. The third-order valence-corrected chi connectivity index (χ3v) is 4.29. The molecule has 0 amide bonds. The van der Waals surface area contributed by atoms with E-state index in [0.717, 1.165) is 37.2 Å². The number of aryl methyl sites for hydroxylation is 2. The van der Waals surface area contributed by atoms with Gasteiger partial charge in [-0.3, -0.25) is 4.98 Å². The second kappa shape index (κ2) is 7.45. The zero-order valence-electron chi connectivity index (χ0n) is 12.4. The lowest BCUT2D eigenvalue weighted by atomic mass is 10.1. The molecule has 0 aliphatic rings. The van der Waals surface area contributed by atoms with Gasteiger partial charge in [0.15, 0.2) is 0 Å². The first-order valence-electron chi connectivity index (χ1n) is 7.20. The van der Waals surface area contributed by atoms with Crippen LogP contribution in [0.1, 0.15) is 48.1 Å². The molecular formula is C15H22N4S. The van der Waals surface area contributed by atoms with E-state index >= 15 is 0 Å². The van der Waals surface area contributed by atoms with Crippen molar-refractivity contribution in [3.8, 4) is 0 Å². The van der Waals surface area contributed by atoms with Crippen molar-refractivity contribution >= 4 is 11.5 Å². The Morgan fingerprint density at radius 3 is 2.70 bits per heavy atom. The van der Waals surface area contributed by atoms with Crippen LogP contribution in [-0.2, 0) is 12.8 Å².